The number of rotatable bonds is 7. The van der Waals surface area contributed by atoms with E-state index in [0.717, 1.165) is 9.35 Å². The number of carbonyl (C=O) groups is 3. The SMILES string of the molecule is C=CCNC(=O)NC1C(=O)N2C(C(=O)O)=C(CSc3nnc(C)s3)CS[C@@H]12. The molecule has 3 heterocycles. The number of amides is 3. The molecule has 0 bridgehead atoms. The number of carboxylic acid groups (broad SMARTS) is 1. The second kappa shape index (κ2) is 8.31. The molecule has 1 aromatic rings. The number of aromatic nitrogens is 2. The maximum absolute atomic E-state index is 12.5. The Bertz CT molecular complexity index is 824. The molecule has 2 atom stereocenters. The zero-order chi connectivity index (χ0) is 19.6. The van der Waals surface area contributed by atoms with Crippen molar-refractivity contribution in [2.45, 2.75) is 22.7 Å². The number of hydrogen-bond donors (Lipinski definition) is 3. The molecule has 2 aliphatic rings. The molecule has 0 aliphatic carbocycles. The van der Waals surface area contributed by atoms with E-state index in [1.54, 1.807) is 0 Å². The van der Waals surface area contributed by atoms with E-state index >= 15 is 0 Å². The van der Waals surface area contributed by atoms with Gasteiger partial charge in [-0.05, 0) is 12.5 Å². The summed E-state index contributed by atoms with van der Waals surface area (Å²) in [6.45, 7) is 5.63. The van der Waals surface area contributed by atoms with Crippen LogP contribution in [-0.2, 0) is 9.59 Å². The number of nitrogens with zero attached hydrogens (tertiary/aromatic N) is 3. The largest absolute Gasteiger partial charge is 0.477 e. The lowest BCUT2D eigenvalue weighted by atomic mass is 10.0. The van der Waals surface area contributed by atoms with Gasteiger partial charge in [-0.25, -0.2) is 9.59 Å². The van der Waals surface area contributed by atoms with Crippen molar-refractivity contribution in [1.82, 2.24) is 25.7 Å². The molecule has 0 saturated carbocycles. The third-order valence-corrected chi connectivity index (χ3v) is 7.22. The van der Waals surface area contributed by atoms with E-state index in [1.165, 1.54) is 45.8 Å². The summed E-state index contributed by atoms with van der Waals surface area (Å²) in [4.78, 5) is 37.3. The fourth-order valence-corrected chi connectivity index (χ4v) is 5.94. The Labute approximate surface area is 167 Å². The topological polar surface area (TPSA) is 125 Å². The second-order valence-electron chi connectivity index (χ2n) is 5.66. The van der Waals surface area contributed by atoms with E-state index in [1.807, 2.05) is 6.92 Å². The van der Waals surface area contributed by atoms with Gasteiger partial charge in [-0.3, -0.25) is 9.69 Å². The smallest absolute Gasteiger partial charge is 0.352 e. The first-order valence-corrected chi connectivity index (χ1v) is 10.8. The van der Waals surface area contributed by atoms with Gasteiger partial charge in [0.05, 0.1) is 0 Å². The number of aliphatic carboxylic acids is 1. The standard InChI is InChI=1S/C15H17N5O4S3/c1-3-4-16-14(24)17-9-11(21)20-10(13(22)23)8(5-25-12(9)20)6-26-15-19-18-7(2)27-15/h3,9,12H,1,4-6H2,2H3,(H,22,23)(H2,16,17,24)/t9?,12-/m0/s1. The molecule has 0 spiro atoms. The zero-order valence-corrected chi connectivity index (χ0v) is 16.7. The van der Waals surface area contributed by atoms with Gasteiger partial charge in [0.15, 0.2) is 4.34 Å². The Morgan fingerprint density at radius 1 is 1.48 bits per heavy atom. The number of nitrogens with one attached hydrogen (secondary N) is 2. The summed E-state index contributed by atoms with van der Waals surface area (Å²) in [6, 6.07) is -1.23. The number of carbonyl (C=O) groups excluding carboxylic acids is 2. The maximum atomic E-state index is 12.5. The number of aryl methyl sites for hydroxylation is 1. The first-order chi connectivity index (χ1) is 12.9. The van der Waals surface area contributed by atoms with E-state index < -0.39 is 29.3 Å². The molecule has 1 unspecified atom stereocenters. The van der Waals surface area contributed by atoms with Gasteiger partial charge < -0.3 is 15.7 Å². The number of fused-ring (bicyclic) bond motifs is 1. The molecule has 3 amide bonds. The number of hydrogen-bond acceptors (Lipinski definition) is 8. The molecule has 12 heteroatoms. The van der Waals surface area contributed by atoms with Gasteiger partial charge in [0.1, 0.15) is 22.1 Å². The summed E-state index contributed by atoms with van der Waals surface area (Å²) in [7, 11) is 0. The van der Waals surface area contributed by atoms with Crippen molar-refractivity contribution >= 4 is 52.8 Å². The summed E-state index contributed by atoms with van der Waals surface area (Å²) >= 11 is 4.27. The van der Waals surface area contributed by atoms with Crippen LogP contribution in [0.15, 0.2) is 28.3 Å². The lowest BCUT2D eigenvalue weighted by Gasteiger charge is -2.49. The monoisotopic (exact) mass is 427 g/mol. The van der Waals surface area contributed by atoms with Crippen molar-refractivity contribution in [3.05, 3.63) is 28.9 Å². The molecular formula is C15H17N5O4S3. The van der Waals surface area contributed by atoms with Gasteiger partial charge in [0.2, 0.25) is 0 Å². The minimum absolute atomic E-state index is 0.00189. The Balaban J connectivity index is 1.70. The maximum Gasteiger partial charge on any atom is 0.352 e. The Hall–Kier alpha value is -2.05. The van der Waals surface area contributed by atoms with Gasteiger partial charge in [-0.1, -0.05) is 29.2 Å². The van der Waals surface area contributed by atoms with Crippen LogP contribution in [0.3, 0.4) is 0 Å². The van der Waals surface area contributed by atoms with E-state index in [2.05, 4.69) is 27.4 Å². The fraction of sp³-hybridized carbons (Fsp3) is 0.400. The molecule has 1 saturated heterocycles. The van der Waals surface area contributed by atoms with Crippen LogP contribution in [0, 0.1) is 6.92 Å². The van der Waals surface area contributed by atoms with E-state index in [4.69, 9.17) is 0 Å². The normalized spacial score (nSPS) is 21.4. The number of carboxylic acids is 1. The van der Waals surface area contributed by atoms with E-state index in [-0.39, 0.29) is 12.2 Å². The highest BCUT2D eigenvalue weighted by atomic mass is 32.2. The Morgan fingerprint density at radius 2 is 2.26 bits per heavy atom. The molecule has 144 valence electrons. The third kappa shape index (κ3) is 4.12. The van der Waals surface area contributed by atoms with E-state index in [0.29, 0.717) is 17.1 Å². The van der Waals surface area contributed by atoms with Crippen molar-refractivity contribution in [1.29, 1.82) is 0 Å². The van der Waals surface area contributed by atoms with Gasteiger partial charge in [0, 0.05) is 18.1 Å². The van der Waals surface area contributed by atoms with Crippen LogP contribution in [0.4, 0.5) is 4.79 Å². The molecule has 0 radical (unpaired) electrons. The zero-order valence-electron chi connectivity index (χ0n) is 14.3. The molecular weight excluding hydrogens is 410 g/mol. The van der Waals surface area contributed by atoms with Crippen molar-refractivity contribution < 1.29 is 19.5 Å². The summed E-state index contributed by atoms with van der Waals surface area (Å²) < 4.78 is 0.755. The van der Waals surface area contributed by atoms with Crippen LogP contribution in [0.25, 0.3) is 0 Å². The average Bonchev–Trinajstić information content (AvgIpc) is 3.06. The van der Waals surface area contributed by atoms with Crippen LogP contribution in [0.2, 0.25) is 0 Å². The third-order valence-electron chi connectivity index (χ3n) is 3.82. The van der Waals surface area contributed by atoms with Crippen LogP contribution in [0.5, 0.6) is 0 Å². The van der Waals surface area contributed by atoms with Gasteiger partial charge in [-0.2, -0.15) is 0 Å². The van der Waals surface area contributed by atoms with Crippen LogP contribution >= 0.6 is 34.9 Å². The van der Waals surface area contributed by atoms with E-state index in [9.17, 15) is 19.5 Å². The van der Waals surface area contributed by atoms with Crippen molar-refractivity contribution in [2.75, 3.05) is 18.1 Å². The summed E-state index contributed by atoms with van der Waals surface area (Å²) in [5, 5.41) is 23.1. The molecule has 9 nitrogen and oxygen atoms in total. The minimum atomic E-state index is -1.15. The highest BCUT2D eigenvalue weighted by Gasteiger charge is 2.54. The van der Waals surface area contributed by atoms with Gasteiger partial charge >= 0.3 is 12.0 Å². The lowest BCUT2D eigenvalue weighted by Crippen LogP contribution is -2.71. The molecule has 2 aliphatic heterocycles. The van der Waals surface area contributed by atoms with Crippen LogP contribution in [0.1, 0.15) is 5.01 Å². The van der Waals surface area contributed by atoms with Gasteiger partial charge in [0.25, 0.3) is 5.91 Å². The first-order valence-electron chi connectivity index (χ1n) is 7.90. The number of thioether (sulfide) groups is 2. The molecule has 3 N–H and O–H groups in total. The van der Waals surface area contributed by atoms with Crippen LogP contribution < -0.4 is 10.6 Å². The highest BCUT2D eigenvalue weighted by Crippen LogP contribution is 2.41. The quantitative estimate of drug-likeness (QED) is 0.335. The second-order valence-corrected chi connectivity index (χ2v) is 9.17. The Kier molecular flexibility index (Phi) is 6.07. The first kappa shape index (κ1) is 19.7. The lowest BCUT2D eigenvalue weighted by molar-refractivity contribution is -0.148. The fourth-order valence-electron chi connectivity index (χ4n) is 2.64. The van der Waals surface area contributed by atoms with Crippen LogP contribution in [-0.4, -0.2) is 67.6 Å². The number of β-lactam (4-membered cyclic amide) rings is 1. The summed E-state index contributed by atoms with van der Waals surface area (Å²) in [6.07, 6.45) is 1.53. The van der Waals surface area contributed by atoms with Crippen molar-refractivity contribution in [2.24, 2.45) is 0 Å². The molecule has 3 rings (SSSR count). The molecule has 1 fully saturated rings. The molecule has 27 heavy (non-hydrogen) atoms. The predicted molar refractivity (Wildman–Crippen MR) is 104 cm³/mol. The number of urea groups is 1. The van der Waals surface area contributed by atoms with Crippen molar-refractivity contribution in [3.8, 4) is 0 Å². The summed E-state index contributed by atoms with van der Waals surface area (Å²) in [5.41, 5.74) is 0.659. The Morgan fingerprint density at radius 3 is 2.89 bits per heavy atom. The predicted octanol–water partition coefficient (Wildman–Crippen LogP) is 1.05. The van der Waals surface area contributed by atoms with Crippen molar-refractivity contribution in [3.63, 3.8) is 0 Å². The highest BCUT2D eigenvalue weighted by molar-refractivity contribution is 8.01. The van der Waals surface area contributed by atoms with Gasteiger partial charge in [-0.15, -0.1) is 28.5 Å². The molecule has 1 aromatic heterocycles. The minimum Gasteiger partial charge on any atom is -0.477 e. The summed E-state index contributed by atoms with van der Waals surface area (Å²) in [5.74, 6) is -0.690. The molecule has 0 aromatic carbocycles. The average molecular weight is 428 g/mol.